The van der Waals surface area contributed by atoms with Crippen LogP contribution in [0.25, 0.3) is 0 Å². The number of nitro groups is 1. The van der Waals surface area contributed by atoms with Crippen LogP contribution < -0.4 is 10.1 Å². The first-order valence-corrected chi connectivity index (χ1v) is 8.75. The van der Waals surface area contributed by atoms with Gasteiger partial charge in [0, 0.05) is 24.3 Å². The summed E-state index contributed by atoms with van der Waals surface area (Å²) in [4.78, 5) is 22.5. The molecular weight excluding hydrogens is 393 g/mol. The van der Waals surface area contributed by atoms with Crippen LogP contribution >= 0.6 is 0 Å². The van der Waals surface area contributed by atoms with Crippen LogP contribution in [-0.2, 0) is 10.9 Å². The molecule has 3 rings (SSSR count). The van der Waals surface area contributed by atoms with Crippen molar-refractivity contribution in [3.05, 3.63) is 63.7 Å². The lowest BCUT2D eigenvalue weighted by Crippen LogP contribution is -2.18. The number of carbonyl (C=O) groups excluding carboxylic acids is 1. The summed E-state index contributed by atoms with van der Waals surface area (Å²) in [6.45, 7) is 0.747. The van der Waals surface area contributed by atoms with Crippen LogP contribution in [0.1, 0.15) is 28.8 Å². The molecule has 1 heterocycles. The van der Waals surface area contributed by atoms with Gasteiger partial charge in [-0.25, -0.2) is 0 Å². The number of non-ortho nitro benzene ring substituents is 1. The van der Waals surface area contributed by atoms with Crippen molar-refractivity contribution >= 4 is 17.3 Å². The molecule has 1 N–H and O–H groups in total. The van der Waals surface area contributed by atoms with Crippen LogP contribution in [0.3, 0.4) is 0 Å². The molecule has 1 aliphatic heterocycles. The second-order valence-electron chi connectivity index (χ2n) is 6.41. The van der Waals surface area contributed by atoms with Crippen LogP contribution in [0.2, 0.25) is 0 Å². The Bertz CT molecular complexity index is 894. The SMILES string of the molecule is O=C(Nc1cc(C(F)(F)F)ccc1OCC1CCCO1)c1ccc([N+](=O)[O-])cc1. The van der Waals surface area contributed by atoms with Crippen LogP contribution in [0, 0.1) is 10.1 Å². The zero-order valence-corrected chi connectivity index (χ0v) is 15.1. The highest BCUT2D eigenvalue weighted by Gasteiger charge is 2.31. The summed E-state index contributed by atoms with van der Waals surface area (Å²) in [6, 6.07) is 7.50. The number of rotatable bonds is 6. The van der Waals surface area contributed by atoms with Gasteiger partial charge in [-0.1, -0.05) is 0 Å². The lowest BCUT2D eigenvalue weighted by Gasteiger charge is -2.17. The molecule has 0 radical (unpaired) electrons. The van der Waals surface area contributed by atoms with Crippen molar-refractivity contribution in [2.45, 2.75) is 25.1 Å². The van der Waals surface area contributed by atoms with E-state index in [1.165, 1.54) is 12.1 Å². The van der Waals surface area contributed by atoms with Gasteiger partial charge in [-0.3, -0.25) is 14.9 Å². The fourth-order valence-electron chi connectivity index (χ4n) is 2.82. The average molecular weight is 410 g/mol. The van der Waals surface area contributed by atoms with Gasteiger partial charge in [-0.2, -0.15) is 13.2 Å². The molecule has 1 saturated heterocycles. The molecule has 2 aromatic rings. The molecule has 0 bridgehead atoms. The Morgan fingerprint density at radius 1 is 1.24 bits per heavy atom. The van der Waals surface area contributed by atoms with Crippen LogP contribution in [-0.4, -0.2) is 30.1 Å². The number of nitrogens with zero attached hydrogens (tertiary/aromatic N) is 1. The van der Waals surface area contributed by atoms with E-state index in [0.717, 1.165) is 43.2 Å². The fraction of sp³-hybridized carbons (Fsp3) is 0.316. The first-order chi connectivity index (χ1) is 13.7. The minimum Gasteiger partial charge on any atom is -0.489 e. The molecule has 1 unspecified atom stereocenters. The third-order valence-electron chi connectivity index (χ3n) is 4.34. The smallest absolute Gasteiger partial charge is 0.416 e. The lowest BCUT2D eigenvalue weighted by molar-refractivity contribution is -0.384. The summed E-state index contributed by atoms with van der Waals surface area (Å²) in [6.07, 6.45) is -3.09. The van der Waals surface area contributed by atoms with Crippen molar-refractivity contribution in [1.29, 1.82) is 0 Å². The normalized spacial score (nSPS) is 16.4. The summed E-state index contributed by atoms with van der Waals surface area (Å²) in [5, 5.41) is 13.1. The third kappa shape index (κ3) is 5.23. The molecule has 1 atom stereocenters. The summed E-state index contributed by atoms with van der Waals surface area (Å²) in [5.74, 6) is -0.648. The van der Waals surface area contributed by atoms with E-state index in [-0.39, 0.29) is 35.4 Å². The molecule has 7 nitrogen and oxygen atoms in total. The molecule has 0 spiro atoms. The number of carbonyl (C=O) groups is 1. The number of nitrogens with one attached hydrogen (secondary N) is 1. The Kier molecular flexibility index (Phi) is 6.02. The summed E-state index contributed by atoms with van der Waals surface area (Å²) >= 11 is 0. The van der Waals surface area contributed by atoms with Gasteiger partial charge in [-0.15, -0.1) is 0 Å². The number of ether oxygens (including phenoxy) is 2. The van der Waals surface area contributed by atoms with E-state index >= 15 is 0 Å². The zero-order valence-electron chi connectivity index (χ0n) is 15.1. The second kappa shape index (κ2) is 8.48. The van der Waals surface area contributed by atoms with Crippen molar-refractivity contribution in [3.63, 3.8) is 0 Å². The Hall–Kier alpha value is -3.14. The topological polar surface area (TPSA) is 90.7 Å². The van der Waals surface area contributed by atoms with Crippen LogP contribution in [0.5, 0.6) is 5.75 Å². The first kappa shape index (κ1) is 20.6. The van der Waals surface area contributed by atoms with Crippen molar-refractivity contribution in [3.8, 4) is 5.75 Å². The Morgan fingerprint density at radius 2 is 1.97 bits per heavy atom. The van der Waals surface area contributed by atoms with Crippen LogP contribution in [0.15, 0.2) is 42.5 Å². The van der Waals surface area contributed by atoms with Gasteiger partial charge in [0.05, 0.1) is 22.3 Å². The molecule has 154 valence electrons. The minimum absolute atomic E-state index is 0.0538. The Labute approximate surface area is 163 Å². The summed E-state index contributed by atoms with van der Waals surface area (Å²) in [5.41, 5.74) is -1.25. The molecule has 0 aliphatic carbocycles. The van der Waals surface area contributed by atoms with Gasteiger partial charge in [0.1, 0.15) is 12.4 Å². The highest BCUT2D eigenvalue weighted by Crippen LogP contribution is 2.35. The van der Waals surface area contributed by atoms with Crippen molar-refractivity contribution in [2.24, 2.45) is 0 Å². The fourth-order valence-corrected chi connectivity index (χ4v) is 2.82. The minimum atomic E-state index is -4.60. The first-order valence-electron chi connectivity index (χ1n) is 8.75. The highest BCUT2D eigenvalue weighted by atomic mass is 19.4. The highest BCUT2D eigenvalue weighted by molar-refractivity contribution is 6.05. The summed E-state index contributed by atoms with van der Waals surface area (Å²) in [7, 11) is 0. The Balaban J connectivity index is 1.81. The number of hydrogen-bond acceptors (Lipinski definition) is 5. The van der Waals surface area contributed by atoms with Gasteiger partial charge < -0.3 is 14.8 Å². The van der Waals surface area contributed by atoms with Crippen molar-refractivity contribution < 1.29 is 32.4 Å². The van der Waals surface area contributed by atoms with Crippen molar-refractivity contribution in [2.75, 3.05) is 18.5 Å². The number of nitro benzene ring substituents is 1. The summed E-state index contributed by atoms with van der Waals surface area (Å²) < 4.78 is 50.2. The maximum atomic E-state index is 13.1. The Morgan fingerprint density at radius 3 is 2.55 bits per heavy atom. The molecule has 10 heteroatoms. The number of anilines is 1. The van der Waals surface area contributed by atoms with E-state index in [1.807, 2.05) is 0 Å². The quantitative estimate of drug-likeness (QED) is 0.562. The van der Waals surface area contributed by atoms with Gasteiger partial charge >= 0.3 is 6.18 Å². The van der Waals surface area contributed by atoms with Crippen molar-refractivity contribution in [1.82, 2.24) is 0 Å². The molecular formula is C19H17F3N2O5. The van der Waals surface area contributed by atoms with E-state index in [0.29, 0.717) is 6.61 Å². The monoisotopic (exact) mass is 410 g/mol. The molecule has 2 aromatic carbocycles. The molecule has 1 amide bonds. The molecule has 1 fully saturated rings. The average Bonchev–Trinajstić information content (AvgIpc) is 3.20. The number of hydrogen-bond donors (Lipinski definition) is 1. The predicted molar refractivity (Wildman–Crippen MR) is 97.0 cm³/mol. The molecule has 0 aromatic heterocycles. The van der Waals surface area contributed by atoms with Gasteiger partial charge in [-0.05, 0) is 43.2 Å². The largest absolute Gasteiger partial charge is 0.489 e. The van der Waals surface area contributed by atoms with Gasteiger partial charge in [0.25, 0.3) is 11.6 Å². The molecule has 1 aliphatic rings. The maximum absolute atomic E-state index is 13.1. The maximum Gasteiger partial charge on any atom is 0.416 e. The zero-order chi connectivity index (χ0) is 21.0. The van der Waals surface area contributed by atoms with E-state index < -0.39 is 22.6 Å². The van der Waals surface area contributed by atoms with Gasteiger partial charge in [0.15, 0.2) is 0 Å². The number of halogens is 3. The molecule has 0 saturated carbocycles. The standard InChI is InChI=1S/C19H17F3N2O5/c20-19(21,22)13-5-8-17(29-11-15-2-1-9-28-15)16(10-13)23-18(25)12-3-6-14(7-4-12)24(26)27/h3-8,10,15H,1-2,9,11H2,(H,23,25). The lowest BCUT2D eigenvalue weighted by atomic mass is 10.1. The number of benzene rings is 2. The third-order valence-corrected chi connectivity index (χ3v) is 4.34. The van der Waals surface area contributed by atoms with E-state index in [4.69, 9.17) is 9.47 Å². The van der Waals surface area contributed by atoms with Gasteiger partial charge in [0.2, 0.25) is 0 Å². The van der Waals surface area contributed by atoms with E-state index in [1.54, 1.807) is 0 Å². The van der Waals surface area contributed by atoms with E-state index in [2.05, 4.69) is 5.32 Å². The van der Waals surface area contributed by atoms with Crippen LogP contribution in [0.4, 0.5) is 24.5 Å². The molecule has 29 heavy (non-hydrogen) atoms. The second-order valence-corrected chi connectivity index (χ2v) is 6.41. The predicted octanol–water partition coefficient (Wildman–Crippen LogP) is 4.42. The number of amides is 1. The van der Waals surface area contributed by atoms with E-state index in [9.17, 15) is 28.1 Å². The number of alkyl halides is 3.